The van der Waals surface area contributed by atoms with E-state index in [2.05, 4.69) is 173 Å². The number of hydrogen-bond acceptors (Lipinski definition) is 0. The Labute approximate surface area is 278 Å². The van der Waals surface area contributed by atoms with Crippen LogP contribution in [0.15, 0.2) is 138 Å². The maximum Gasteiger partial charge on any atom is -0.00175 e. The Morgan fingerprint density at radius 3 is 2.02 bits per heavy atom. The van der Waals surface area contributed by atoms with Crippen LogP contribution in [0.3, 0.4) is 0 Å². The average Bonchev–Trinajstić information content (AvgIpc) is 3.10. The molecule has 0 aliphatic heterocycles. The summed E-state index contributed by atoms with van der Waals surface area (Å²) in [5.41, 5.74) is 10.5. The van der Waals surface area contributed by atoms with Crippen LogP contribution in [0.5, 0.6) is 0 Å². The van der Waals surface area contributed by atoms with Crippen molar-refractivity contribution in [3.8, 4) is 22.3 Å². The van der Waals surface area contributed by atoms with Crippen molar-refractivity contribution < 1.29 is 0 Å². The molecule has 0 heterocycles. The van der Waals surface area contributed by atoms with E-state index in [0.717, 1.165) is 19.3 Å². The fraction of sp³-hybridized carbons (Fsp3) is 0.0909. The van der Waals surface area contributed by atoms with Gasteiger partial charge in [-0.25, -0.2) is 0 Å². The summed E-state index contributed by atoms with van der Waals surface area (Å²) in [7, 11) is 0. The first-order valence-electron chi connectivity index (χ1n) is 15.9. The van der Waals surface area contributed by atoms with Gasteiger partial charge in [-0.05, 0) is 129 Å². The highest BCUT2D eigenvalue weighted by Crippen LogP contribution is 2.48. The van der Waals surface area contributed by atoms with E-state index in [-0.39, 0.29) is 0 Å². The van der Waals surface area contributed by atoms with E-state index in [0.29, 0.717) is 0 Å². The highest BCUT2D eigenvalue weighted by molar-refractivity contribution is 14.1. The highest BCUT2D eigenvalue weighted by atomic mass is 127. The fourth-order valence-corrected chi connectivity index (χ4v) is 7.73. The Morgan fingerprint density at radius 2 is 1.33 bits per heavy atom. The molecule has 0 unspecified atom stereocenters. The lowest BCUT2D eigenvalue weighted by atomic mass is 9.80. The van der Waals surface area contributed by atoms with E-state index in [1.165, 1.54) is 87.6 Å². The van der Waals surface area contributed by atoms with Crippen LogP contribution in [0.4, 0.5) is 0 Å². The smallest absolute Gasteiger partial charge is 0.00175 e. The molecule has 0 bridgehead atoms. The lowest BCUT2D eigenvalue weighted by Gasteiger charge is -2.23. The Kier molecular flexibility index (Phi) is 7.35. The van der Waals surface area contributed by atoms with Gasteiger partial charge in [-0.3, -0.25) is 0 Å². The zero-order valence-corrected chi connectivity index (χ0v) is 27.5. The quantitative estimate of drug-likeness (QED) is 0.0959. The minimum atomic E-state index is 1.01. The average molecular weight is 689 g/mol. The van der Waals surface area contributed by atoms with Gasteiger partial charge < -0.3 is 0 Å². The molecule has 0 fully saturated rings. The van der Waals surface area contributed by atoms with Crippen LogP contribution in [-0.4, -0.2) is 0 Å². The van der Waals surface area contributed by atoms with Crippen molar-refractivity contribution >= 4 is 77.3 Å². The third-order valence-corrected chi connectivity index (χ3v) is 10.0. The summed E-state index contributed by atoms with van der Waals surface area (Å²) in [5, 5.41) is 10.3. The van der Waals surface area contributed by atoms with Crippen molar-refractivity contribution in [3.05, 3.63) is 154 Å². The first kappa shape index (κ1) is 28.0. The second-order valence-electron chi connectivity index (χ2n) is 12.0. The number of fused-ring (bicyclic) bond motifs is 6. The molecule has 0 saturated carbocycles. The van der Waals surface area contributed by atoms with Crippen molar-refractivity contribution in [1.82, 2.24) is 0 Å². The van der Waals surface area contributed by atoms with Gasteiger partial charge in [-0.2, -0.15) is 0 Å². The van der Waals surface area contributed by atoms with Crippen LogP contribution in [0.2, 0.25) is 0 Å². The van der Waals surface area contributed by atoms with Crippen LogP contribution in [-0.2, 0) is 6.42 Å². The molecular formula is C44H33I. The van der Waals surface area contributed by atoms with Crippen LogP contribution in [0, 0.1) is 0 Å². The van der Waals surface area contributed by atoms with Gasteiger partial charge in [0.05, 0.1) is 0 Å². The Balaban J connectivity index is 1.56. The normalized spacial score (nSPS) is 13.4. The van der Waals surface area contributed by atoms with Gasteiger partial charge in [0.2, 0.25) is 0 Å². The molecule has 7 aromatic carbocycles. The van der Waals surface area contributed by atoms with Crippen LogP contribution >= 0.6 is 22.6 Å². The van der Waals surface area contributed by atoms with Gasteiger partial charge in [0.1, 0.15) is 0 Å². The Bertz CT molecular complexity index is 2370. The van der Waals surface area contributed by atoms with Crippen molar-refractivity contribution in [2.45, 2.75) is 26.2 Å². The number of halogens is 1. The predicted molar refractivity (Wildman–Crippen MR) is 206 cm³/mol. The summed E-state index contributed by atoms with van der Waals surface area (Å²) in [6.07, 6.45) is 12.4. The van der Waals surface area contributed by atoms with Crippen molar-refractivity contribution in [2.75, 3.05) is 0 Å². The fourth-order valence-electron chi connectivity index (χ4n) is 7.16. The molecule has 0 amide bonds. The van der Waals surface area contributed by atoms with E-state index in [4.69, 9.17) is 0 Å². The summed E-state index contributed by atoms with van der Waals surface area (Å²) in [4.78, 5) is 0. The molecule has 45 heavy (non-hydrogen) atoms. The molecule has 0 atom stereocenters. The minimum Gasteiger partial charge on any atom is -0.0842 e. The molecule has 7 aromatic rings. The van der Waals surface area contributed by atoms with Gasteiger partial charge >= 0.3 is 0 Å². The van der Waals surface area contributed by atoms with Gasteiger partial charge in [-0.15, -0.1) is 0 Å². The largest absolute Gasteiger partial charge is 0.0842 e. The summed E-state index contributed by atoms with van der Waals surface area (Å²) >= 11 is 2.39. The topological polar surface area (TPSA) is 0 Å². The maximum absolute atomic E-state index is 2.44. The molecule has 216 valence electrons. The van der Waals surface area contributed by atoms with Crippen LogP contribution < -0.4 is 0 Å². The second kappa shape index (κ2) is 11.8. The Morgan fingerprint density at radius 1 is 0.667 bits per heavy atom. The zero-order chi connectivity index (χ0) is 30.3. The van der Waals surface area contributed by atoms with E-state index < -0.39 is 0 Å². The van der Waals surface area contributed by atoms with Gasteiger partial charge in [0.15, 0.2) is 0 Å². The van der Waals surface area contributed by atoms with Gasteiger partial charge in [-0.1, -0.05) is 151 Å². The molecule has 1 aliphatic rings. The van der Waals surface area contributed by atoms with E-state index in [9.17, 15) is 0 Å². The minimum absolute atomic E-state index is 1.01. The predicted octanol–water partition coefficient (Wildman–Crippen LogP) is 13.3. The third kappa shape index (κ3) is 4.91. The third-order valence-electron chi connectivity index (χ3n) is 9.34. The molecule has 0 saturated heterocycles. The molecule has 0 aromatic heterocycles. The second-order valence-corrected chi connectivity index (χ2v) is 12.6. The van der Waals surface area contributed by atoms with Crippen molar-refractivity contribution in [1.29, 1.82) is 0 Å². The molecule has 8 rings (SSSR count). The van der Waals surface area contributed by atoms with Crippen LogP contribution in [0.25, 0.3) is 77.0 Å². The van der Waals surface area contributed by atoms with Crippen molar-refractivity contribution in [2.24, 2.45) is 0 Å². The highest BCUT2D eigenvalue weighted by Gasteiger charge is 2.22. The van der Waals surface area contributed by atoms with Gasteiger partial charge in [0, 0.05) is 0 Å². The van der Waals surface area contributed by atoms with E-state index in [1.54, 1.807) is 0 Å². The lowest BCUT2D eigenvalue weighted by molar-refractivity contribution is 0.990. The Hall–Kier alpha value is -4.47. The maximum atomic E-state index is 2.44. The van der Waals surface area contributed by atoms with Crippen molar-refractivity contribution in [3.63, 3.8) is 0 Å². The molecule has 1 heteroatoms. The number of hydrogen-bond donors (Lipinski definition) is 0. The molecule has 0 nitrogen and oxygen atoms in total. The molecule has 1 aliphatic carbocycles. The molecular weight excluding hydrogens is 655 g/mol. The van der Waals surface area contributed by atoms with E-state index in [1.807, 2.05) is 0 Å². The SMILES string of the molecule is CC/C=C\C(=C/I)c1ccc2c(-c3ccc4ccccc4c3)c3ccc4c(c3c(-c3ccc5ccccc5c3)c2c1)C=CCC4. The number of rotatable bonds is 5. The standard InChI is InChI=1S/C44H33I/c1-2-3-10-37(28-45)34-22-23-39-41(27-34)43(36-20-18-30-12-5-7-15-33(30)26-36)44-38-16-9-8-13-31(38)21-24-40(44)42(39)35-19-17-29-11-4-6-14-32(29)25-35/h3-7,9-12,14-28H,2,8,13H2,1H3/b10-3-,37-28+. The molecule has 0 N–H and O–H groups in total. The van der Waals surface area contributed by atoms with Crippen LogP contribution in [0.1, 0.15) is 36.5 Å². The number of aryl methyl sites for hydroxylation is 1. The first-order chi connectivity index (χ1) is 22.2. The summed E-state index contributed by atoms with van der Waals surface area (Å²) in [5.74, 6) is 0. The molecule has 0 radical (unpaired) electrons. The number of benzene rings is 7. The summed E-state index contributed by atoms with van der Waals surface area (Å²) in [6.45, 7) is 2.19. The number of allylic oxidation sites excluding steroid dienone is 4. The first-order valence-corrected chi connectivity index (χ1v) is 17.2. The van der Waals surface area contributed by atoms with E-state index >= 15 is 0 Å². The zero-order valence-electron chi connectivity index (χ0n) is 25.4. The lowest BCUT2D eigenvalue weighted by Crippen LogP contribution is -1.99. The summed E-state index contributed by atoms with van der Waals surface area (Å²) in [6, 6.07) is 43.3. The molecule has 0 spiro atoms. The summed E-state index contributed by atoms with van der Waals surface area (Å²) < 4.78 is 2.21. The monoisotopic (exact) mass is 688 g/mol. The van der Waals surface area contributed by atoms with Gasteiger partial charge in [0.25, 0.3) is 0 Å².